The Hall–Kier alpha value is -3.17. The molecule has 2 heterocycles. The van der Waals surface area contributed by atoms with Gasteiger partial charge in [0.15, 0.2) is 11.6 Å². The number of aromatic nitrogens is 4. The maximum Gasteiger partial charge on any atom is 0.255 e. The molecule has 1 amide bonds. The number of halogens is 3. The minimum atomic E-state index is -1.08. The van der Waals surface area contributed by atoms with Crippen LogP contribution in [0.5, 0.6) is 0 Å². The highest BCUT2D eigenvalue weighted by Crippen LogP contribution is 2.47. The molecule has 6 nitrogen and oxygen atoms in total. The lowest BCUT2D eigenvalue weighted by Crippen LogP contribution is -2.20. The van der Waals surface area contributed by atoms with Crippen molar-refractivity contribution in [1.29, 1.82) is 0 Å². The fourth-order valence-corrected chi connectivity index (χ4v) is 7.09. The Bertz CT molecular complexity index is 1430. The summed E-state index contributed by atoms with van der Waals surface area (Å²) in [4.78, 5) is 14.0. The van der Waals surface area contributed by atoms with Gasteiger partial charge in [-0.1, -0.05) is 25.4 Å². The lowest BCUT2D eigenvalue weighted by molar-refractivity contribution is 0.102. The molecule has 4 unspecified atom stereocenters. The molecule has 1 N–H and O–H groups in total. The third-order valence-electron chi connectivity index (χ3n) is 7.26. The first kappa shape index (κ1) is 27.4. The van der Waals surface area contributed by atoms with Gasteiger partial charge in [0.05, 0.1) is 5.02 Å². The van der Waals surface area contributed by atoms with Gasteiger partial charge in [0, 0.05) is 58.8 Å². The zero-order valence-corrected chi connectivity index (χ0v) is 23.3. The molecule has 0 aliphatic heterocycles. The number of amides is 1. The molecule has 10 heteroatoms. The molecule has 1 aliphatic carbocycles. The zero-order chi connectivity index (χ0) is 27.5. The van der Waals surface area contributed by atoms with E-state index in [2.05, 4.69) is 29.4 Å². The summed E-state index contributed by atoms with van der Waals surface area (Å²) < 4.78 is 31.9. The molecule has 0 saturated heterocycles. The van der Waals surface area contributed by atoms with Gasteiger partial charge in [-0.25, -0.2) is 13.5 Å². The van der Waals surface area contributed by atoms with Crippen molar-refractivity contribution < 1.29 is 13.6 Å². The Kier molecular flexibility index (Phi) is 8.37. The number of carbonyl (C=O) groups is 1. The zero-order valence-electron chi connectivity index (χ0n) is 21.7. The maximum atomic E-state index is 14.4. The van der Waals surface area contributed by atoms with Crippen LogP contribution in [0.3, 0.4) is 0 Å². The van der Waals surface area contributed by atoms with Crippen molar-refractivity contribution in [2.24, 2.45) is 17.8 Å². The molecule has 1 fully saturated rings. The Labute approximate surface area is 235 Å². The molecule has 204 valence electrons. The maximum absolute atomic E-state index is 14.4. The Morgan fingerprint density at radius 1 is 1.15 bits per heavy atom. The lowest BCUT2D eigenvalue weighted by atomic mass is 9.93. The third-order valence-corrected chi connectivity index (χ3v) is 9.41. The van der Waals surface area contributed by atoms with E-state index in [9.17, 15) is 13.6 Å². The quantitative estimate of drug-likeness (QED) is 0.227. The fourth-order valence-electron chi connectivity index (χ4n) is 5.36. The fraction of sp³-hybridized carbons (Fsp3) is 0.345. The van der Waals surface area contributed by atoms with Crippen LogP contribution in [0.2, 0.25) is 5.02 Å². The number of benzene rings is 2. The predicted octanol–water partition coefficient (Wildman–Crippen LogP) is 7.49. The molecule has 2 aromatic heterocycles. The average molecular weight is 570 g/mol. The topological polar surface area (TPSA) is 64.7 Å². The highest BCUT2D eigenvalue weighted by molar-refractivity contribution is 8.00. The molecular formula is C29H30ClF2N5OS. The number of carbonyl (C=O) groups excluding carboxylic acids is 1. The molecule has 39 heavy (non-hydrogen) atoms. The second-order valence-corrected chi connectivity index (χ2v) is 11.9. The van der Waals surface area contributed by atoms with Gasteiger partial charge in [0.2, 0.25) is 0 Å². The minimum Gasteiger partial charge on any atom is -0.322 e. The van der Waals surface area contributed by atoms with Crippen LogP contribution < -0.4 is 5.32 Å². The number of anilines is 1. The highest BCUT2D eigenvalue weighted by atomic mass is 35.5. The molecule has 5 rings (SSSR count). The molecule has 4 aromatic rings. The van der Waals surface area contributed by atoms with E-state index < -0.39 is 17.5 Å². The number of hydrogen-bond acceptors (Lipinski definition) is 4. The SMILES string of the molecule is CC(CC1CCC(C)C1Sc1cc(C(=O)Nc2cc(F)c(F)c(-n3cccn3)c2)ccc1Cl)Cn1cccn1. The second-order valence-electron chi connectivity index (χ2n) is 10.3. The molecule has 0 bridgehead atoms. The average Bonchev–Trinajstić information content (AvgIpc) is 3.68. The first-order chi connectivity index (χ1) is 18.8. The molecule has 1 saturated carbocycles. The highest BCUT2D eigenvalue weighted by Gasteiger charge is 2.35. The lowest BCUT2D eigenvalue weighted by Gasteiger charge is -2.25. The van der Waals surface area contributed by atoms with Crippen LogP contribution in [-0.4, -0.2) is 30.7 Å². The van der Waals surface area contributed by atoms with Crippen molar-refractivity contribution in [3.63, 3.8) is 0 Å². The first-order valence-corrected chi connectivity index (χ1v) is 14.3. The molecule has 0 spiro atoms. The van der Waals surface area contributed by atoms with Crippen LogP contribution in [0.1, 0.15) is 43.5 Å². The van der Waals surface area contributed by atoms with E-state index in [1.54, 1.807) is 42.2 Å². The standard InChI is InChI=1S/C29H30ClF2N5OS/c1-18(17-36-11-3-9-33-36)13-20-6-5-19(2)28(20)39-26-14-21(7-8-23(26)30)29(38)35-22-15-24(31)27(32)25(16-22)37-12-4-10-34-37/h3-4,7-12,14-16,18-20,28H,5-6,13,17H2,1-2H3,(H,35,38). The van der Waals surface area contributed by atoms with Crippen LogP contribution in [0.4, 0.5) is 14.5 Å². The van der Waals surface area contributed by atoms with E-state index in [1.807, 2.05) is 16.9 Å². The van der Waals surface area contributed by atoms with Crippen molar-refractivity contribution in [2.45, 2.75) is 49.8 Å². The van der Waals surface area contributed by atoms with E-state index in [4.69, 9.17) is 11.6 Å². The second kappa shape index (κ2) is 11.9. The van der Waals surface area contributed by atoms with Crippen LogP contribution in [-0.2, 0) is 6.54 Å². The van der Waals surface area contributed by atoms with Gasteiger partial charge in [-0.15, -0.1) is 11.8 Å². The van der Waals surface area contributed by atoms with Crippen molar-refractivity contribution in [2.75, 3.05) is 5.32 Å². The number of nitrogens with zero attached hydrogens (tertiary/aromatic N) is 4. The smallest absolute Gasteiger partial charge is 0.255 e. The Morgan fingerprint density at radius 2 is 1.95 bits per heavy atom. The number of nitrogens with one attached hydrogen (secondary N) is 1. The van der Waals surface area contributed by atoms with E-state index in [1.165, 1.54) is 23.1 Å². The van der Waals surface area contributed by atoms with Gasteiger partial charge < -0.3 is 5.32 Å². The van der Waals surface area contributed by atoms with Crippen LogP contribution in [0.25, 0.3) is 5.69 Å². The Morgan fingerprint density at radius 3 is 2.69 bits per heavy atom. The number of hydrogen-bond donors (Lipinski definition) is 1. The van der Waals surface area contributed by atoms with Crippen molar-refractivity contribution in [1.82, 2.24) is 19.6 Å². The number of thioether (sulfide) groups is 1. The summed E-state index contributed by atoms with van der Waals surface area (Å²) in [5.41, 5.74) is 0.427. The summed E-state index contributed by atoms with van der Waals surface area (Å²) in [6.07, 6.45) is 10.2. The van der Waals surface area contributed by atoms with Gasteiger partial charge in [-0.2, -0.15) is 10.2 Å². The summed E-state index contributed by atoms with van der Waals surface area (Å²) in [5.74, 6) is -1.01. The summed E-state index contributed by atoms with van der Waals surface area (Å²) in [7, 11) is 0. The van der Waals surface area contributed by atoms with Gasteiger partial charge in [0.25, 0.3) is 5.91 Å². The van der Waals surface area contributed by atoms with Crippen LogP contribution in [0.15, 0.2) is 72.1 Å². The first-order valence-electron chi connectivity index (χ1n) is 13.0. The van der Waals surface area contributed by atoms with Gasteiger partial charge in [-0.3, -0.25) is 9.48 Å². The predicted molar refractivity (Wildman–Crippen MR) is 150 cm³/mol. The molecule has 2 aromatic carbocycles. The van der Waals surface area contributed by atoms with Gasteiger partial charge >= 0.3 is 0 Å². The van der Waals surface area contributed by atoms with E-state index in [0.717, 1.165) is 36.8 Å². The van der Waals surface area contributed by atoms with E-state index in [0.29, 0.717) is 33.6 Å². The van der Waals surface area contributed by atoms with Crippen molar-refractivity contribution in [3.8, 4) is 5.69 Å². The molecule has 4 atom stereocenters. The van der Waals surface area contributed by atoms with E-state index in [-0.39, 0.29) is 11.4 Å². The summed E-state index contributed by atoms with van der Waals surface area (Å²) in [6, 6.07) is 11.0. The van der Waals surface area contributed by atoms with Crippen molar-refractivity contribution >= 4 is 35.0 Å². The van der Waals surface area contributed by atoms with Crippen LogP contribution in [0, 0.1) is 29.4 Å². The Balaban J connectivity index is 1.30. The van der Waals surface area contributed by atoms with Gasteiger partial charge in [-0.05, 0) is 73.4 Å². The van der Waals surface area contributed by atoms with Gasteiger partial charge in [0.1, 0.15) is 5.69 Å². The number of rotatable bonds is 9. The summed E-state index contributed by atoms with van der Waals surface area (Å²) >= 11 is 8.32. The molecular weight excluding hydrogens is 540 g/mol. The minimum absolute atomic E-state index is 0.0919. The summed E-state index contributed by atoms with van der Waals surface area (Å²) in [5, 5.41) is 12.0. The van der Waals surface area contributed by atoms with Crippen molar-refractivity contribution in [3.05, 3.63) is 89.5 Å². The largest absolute Gasteiger partial charge is 0.322 e. The third kappa shape index (κ3) is 6.36. The van der Waals surface area contributed by atoms with Crippen LogP contribution >= 0.6 is 23.4 Å². The molecule has 0 radical (unpaired) electrons. The van der Waals surface area contributed by atoms with E-state index >= 15 is 0 Å². The monoisotopic (exact) mass is 569 g/mol. The normalized spacial score (nSPS) is 19.8. The summed E-state index contributed by atoms with van der Waals surface area (Å²) in [6.45, 7) is 5.43. The molecule has 1 aliphatic rings.